The second kappa shape index (κ2) is 5.16. The summed E-state index contributed by atoms with van der Waals surface area (Å²) in [5.41, 5.74) is 1.04. The monoisotopic (exact) mass is 271 g/mol. The standard InChI is InChI=1S/C14H19ClFNO/c1-14(2)12(7-13(14)18-3)17-8-9-4-5-10(15)11(16)6-9/h4-6,12-13,17H,7-8H2,1-3H3. The van der Waals surface area contributed by atoms with Gasteiger partial charge in [-0.2, -0.15) is 0 Å². The van der Waals surface area contributed by atoms with Crippen LogP contribution in [-0.2, 0) is 11.3 Å². The summed E-state index contributed by atoms with van der Waals surface area (Å²) >= 11 is 5.65. The zero-order valence-corrected chi connectivity index (χ0v) is 11.7. The normalized spacial score (nSPS) is 25.8. The maximum absolute atomic E-state index is 13.3. The van der Waals surface area contributed by atoms with Crippen molar-refractivity contribution in [2.24, 2.45) is 5.41 Å². The van der Waals surface area contributed by atoms with E-state index in [-0.39, 0.29) is 16.3 Å². The molecule has 4 heteroatoms. The van der Waals surface area contributed by atoms with E-state index in [2.05, 4.69) is 19.2 Å². The molecule has 0 saturated heterocycles. The van der Waals surface area contributed by atoms with E-state index < -0.39 is 0 Å². The Morgan fingerprint density at radius 2 is 2.22 bits per heavy atom. The molecule has 1 aromatic carbocycles. The van der Waals surface area contributed by atoms with Crippen molar-refractivity contribution in [3.63, 3.8) is 0 Å². The van der Waals surface area contributed by atoms with E-state index in [4.69, 9.17) is 16.3 Å². The van der Waals surface area contributed by atoms with Crippen molar-refractivity contribution in [2.45, 2.75) is 39.0 Å². The zero-order chi connectivity index (χ0) is 13.3. The first-order valence-corrected chi connectivity index (χ1v) is 6.53. The molecule has 1 aliphatic carbocycles. The molecule has 0 aliphatic heterocycles. The Bertz CT molecular complexity index is 436. The summed E-state index contributed by atoms with van der Waals surface area (Å²) in [5, 5.41) is 3.62. The molecule has 1 fully saturated rings. The Balaban J connectivity index is 1.91. The van der Waals surface area contributed by atoms with E-state index in [1.54, 1.807) is 13.2 Å². The van der Waals surface area contributed by atoms with Crippen molar-refractivity contribution in [2.75, 3.05) is 7.11 Å². The van der Waals surface area contributed by atoms with Crippen LogP contribution in [0.5, 0.6) is 0 Å². The lowest BCUT2D eigenvalue weighted by molar-refractivity contribution is -0.0979. The van der Waals surface area contributed by atoms with Crippen molar-refractivity contribution in [3.05, 3.63) is 34.6 Å². The Morgan fingerprint density at radius 3 is 2.78 bits per heavy atom. The van der Waals surface area contributed by atoms with E-state index in [9.17, 15) is 4.39 Å². The summed E-state index contributed by atoms with van der Waals surface area (Å²) in [4.78, 5) is 0. The highest BCUT2D eigenvalue weighted by Gasteiger charge is 2.48. The van der Waals surface area contributed by atoms with Crippen molar-refractivity contribution in [3.8, 4) is 0 Å². The maximum atomic E-state index is 13.3. The third-order valence-corrected chi connectivity index (χ3v) is 4.31. The molecule has 0 aromatic heterocycles. The van der Waals surface area contributed by atoms with Crippen LogP contribution < -0.4 is 5.32 Å². The van der Waals surface area contributed by atoms with E-state index in [1.807, 2.05) is 6.07 Å². The van der Waals surface area contributed by atoms with Gasteiger partial charge in [-0.1, -0.05) is 31.5 Å². The van der Waals surface area contributed by atoms with Gasteiger partial charge in [0, 0.05) is 25.1 Å². The van der Waals surface area contributed by atoms with Gasteiger partial charge in [-0.25, -0.2) is 4.39 Å². The summed E-state index contributed by atoms with van der Waals surface area (Å²) < 4.78 is 18.7. The Hall–Kier alpha value is -0.640. The van der Waals surface area contributed by atoms with Crippen LogP contribution in [0, 0.1) is 11.2 Å². The Morgan fingerprint density at radius 1 is 1.50 bits per heavy atom. The lowest BCUT2D eigenvalue weighted by Gasteiger charge is -2.51. The highest BCUT2D eigenvalue weighted by Crippen LogP contribution is 2.42. The van der Waals surface area contributed by atoms with Gasteiger partial charge in [-0.15, -0.1) is 0 Å². The molecular formula is C14H19ClFNO. The van der Waals surface area contributed by atoms with Gasteiger partial charge in [0.1, 0.15) is 5.82 Å². The Labute approximate surface area is 112 Å². The average molecular weight is 272 g/mol. The first-order chi connectivity index (χ1) is 8.45. The molecule has 1 saturated carbocycles. The highest BCUT2D eigenvalue weighted by molar-refractivity contribution is 6.30. The number of hydrogen-bond donors (Lipinski definition) is 1. The van der Waals surface area contributed by atoms with Gasteiger partial charge in [-0.3, -0.25) is 0 Å². The number of benzene rings is 1. The van der Waals surface area contributed by atoms with Crippen LogP contribution >= 0.6 is 11.6 Å². The Kier molecular flexibility index (Phi) is 3.95. The predicted octanol–water partition coefficient (Wildman–Crippen LogP) is 3.38. The molecule has 2 nitrogen and oxygen atoms in total. The summed E-state index contributed by atoms with van der Waals surface area (Å²) in [6.45, 7) is 5.02. The number of halogens is 2. The highest BCUT2D eigenvalue weighted by atomic mass is 35.5. The van der Waals surface area contributed by atoms with Crippen LogP contribution in [-0.4, -0.2) is 19.3 Å². The SMILES string of the molecule is COC1CC(NCc2ccc(Cl)c(F)c2)C1(C)C. The molecule has 0 bridgehead atoms. The van der Waals surface area contributed by atoms with Crippen LogP contribution in [0.25, 0.3) is 0 Å². The quantitative estimate of drug-likeness (QED) is 0.906. The molecule has 18 heavy (non-hydrogen) atoms. The molecule has 1 aromatic rings. The molecule has 2 rings (SSSR count). The van der Waals surface area contributed by atoms with Crippen molar-refractivity contribution in [1.29, 1.82) is 0 Å². The summed E-state index contributed by atoms with van der Waals surface area (Å²) in [6, 6.07) is 5.32. The van der Waals surface area contributed by atoms with Crippen LogP contribution in [0.3, 0.4) is 0 Å². The van der Waals surface area contributed by atoms with E-state index in [1.165, 1.54) is 6.07 Å². The second-order valence-corrected chi connectivity index (χ2v) is 5.87. The second-order valence-electron chi connectivity index (χ2n) is 5.46. The molecule has 0 heterocycles. The van der Waals surface area contributed by atoms with E-state index in [0.717, 1.165) is 12.0 Å². The first-order valence-electron chi connectivity index (χ1n) is 6.15. The molecule has 1 N–H and O–H groups in total. The minimum atomic E-state index is -0.362. The third kappa shape index (κ3) is 2.53. The minimum Gasteiger partial charge on any atom is -0.381 e. The average Bonchev–Trinajstić information content (AvgIpc) is 2.32. The molecule has 0 amide bonds. The molecule has 2 atom stereocenters. The third-order valence-electron chi connectivity index (χ3n) is 4.00. The summed E-state index contributed by atoms with van der Waals surface area (Å²) in [5.74, 6) is -0.362. The summed E-state index contributed by atoms with van der Waals surface area (Å²) in [6.07, 6.45) is 1.30. The zero-order valence-electron chi connectivity index (χ0n) is 11.0. The molecule has 0 radical (unpaired) electrons. The smallest absolute Gasteiger partial charge is 0.142 e. The number of methoxy groups -OCH3 is 1. The van der Waals surface area contributed by atoms with Crippen LogP contribution in [0.4, 0.5) is 4.39 Å². The topological polar surface area (TPSA) is 21.3 Å². The fourth-order valence-corrected chi connectivity index (χ4v) is 2.64. The van der Waals surface area contributed by atoms with Gasteiger partial charge in [0.05, 0.1) is 11.1 Å². The molecule has 100 valence electrons. The van der Waals surface area contributed by atoms with Crippen LogP contribution in [0.2, 0.25) is 5.02 Å². The van der Waals surface area contributed by atoms with Gasteiger partial charge in [0.15, 0.2) is 0 Å². The molecule has 2 unspecified atom stereocenters. The largest absolute Gasteiger partial charge is 0.381 e. The van der Waals surface area contributed by atoms with Gasteiger partial charge in [0.25, 0.3) is 0 Å². The van der Waals surface area contributed by atoms with Gasteiger partial charge < -0.3 is 10.1 Å². The number of ether oxygens (including phenoxy) is 1. The van der Waals surface area contributed by atoms with Crippen molar-refractivity contribution in [1.82, 2.24) is 5.32 Å². The number of rotatable bonds is 4. The summed E-state index contributed by atoms with van der Waals surface area (Å²) in [7, 11) is 1.75. The van der Waals surface area contributed by atoms with Crippen LogP contribution in [0.1, 0.15) is 25.8 Å². The van der Waals surface area contributed by atoms with Gasteiger partial charge in [0.2, 0.25) is 0 Å². The molecule has 0 spiro atoms. The van der Waals surface area contributed by atoms with Crippen molar-refractivity contribution >= 4 is 11.6 Å². The van der Waals surface area contributed by atoms with Gasteiger partial charge in [-0.05, 0) is 24.1 Å². The molecule has 1 aliphatic rings. The van der Waals surface area contributed by atoms with Gasteiger partial charge >= 0.3 is 0 Å². The fraction of sp³-hybridized carbons (Fsp3) is 0.571. The fourth-order valence-electron chi connectivity index (χ4n) is 2.52. The lowest BCUT2D eigenvalue weighted by atomic mass is 9.64. The van der Waals surface area contributed by atoms with Crippen LogP contribution in [0.15, 0.2) is 18.2 Å². The lowest BCUT2D eigenvalue weighted by Crippen LogP contribution is -2.60. The first kappa shape index (κ1) is 13.8. The maximum Gasteiger partial charge on any atom is 0.142 e. The van der Waals surface area contributed by atoms with Crippen molar-refractivity contribution < 1.29 is 9.13 Å². The minimum absolute atomic E-state index is 0.125. The van der Waals surface area contributed by atoms with E-state index in [0.29, 0.717) is 18.7 Å². The predicted molar refractivity (Wildman–Crippen MR) is 71.2 cm³/mol. The van der Waals surface area contributed by atoms with E-state index >= 15 is 0 Å². The number of nitrogens with one attached hydrogen (secondary N) is 1. The molecular weight excluding hydrogens is 253 g/mol. The number of hydrogen-bond acceptors (Lipinski definition) is 2.